The molecule has 0 unspecified atom stereocenters. The van der Waals surface area contributed by atoms with E-state index in [1.807, 2.05) is 38.1 Å². The van der Waals surface area contributed by atoms with Crippen LogP contribution in [0.1, 0.15) is 23.0 Å². The Labute approximate surface area is 128 Å². The molecule has 1 aliphatic heterocycles. The van der Waals surface area contributed by atoms with Crippen LogP contribution in [0.15, 0.2) is 41.1 Å². The Kier molecular flexibility index (Phi) is 3.66. The molecule has 0 spiro atoms. The maximum Gasteiger partial charge on any atom is 0.276 e. The molecule has 1 aliphatic rings. The van der Waals surface area contributed by atoms with Gasteiger partial charge in [0.2, 0.25) is 5.91 Å². The highest BCUT2D eigenvalue weighted by Gasteiger charge is 2.34. The average molecular weight is 299 g/mol. The molecule has 2 heterocycles. The summed E-state index contributed by atoms with van der Waals surface area (Å²) >= 11 is 0. The minimum absolute atomic E-state index is 0.0424. The predicted octanol–water partition coefficient (Wildman–Crippen LogP) is 1.86. The second-order valence-electron chi connectivity index (χ2n) is 5.51. The highest BCUT2D eigenvalue weighted by atomic mass is 16.5. The van der Waals surface area contributed by atoms with Crippen LogP contribution in [-0.4, -0.2) is 41.0 Å². The van der Waals surface area contributed by atoms with Crippen LogP contribution in [-0.2, 0) is 4.79 Å². The molecule has 6 nitrogen and oxygen atoms in total. The Balaban J connectivity index is 1.78. The van der Waals surface area contributed by atoms with Gasteiger partial charge in [-0.25, -0.2) is 0 Å². The molecule has 1 aromatic carbocycles. The zero-order valence-corrected chi connectivity index (χ0v) is 12.5. The summed E-state index contributed by atoms with van der Waals surface area (Å²) in [6.07, 6.45) is 1.35. The molecule has 0 radical (unpaired) electrons. The van der Waals surface area contributed by atoms with Crippen LogP contribution in [0.4, 0.5) is 5.69 Å². The third-order valence-electron chi connectivity index (χ3n) is 3.85. The van der Waals surface area contributed by atoms with E-state index in [1.165, 1.54) is 17.2 Å². The molecule has 1 atom stereocenters. The molecule has 22 heavy (non-hydrogen) atoms. The van der Waals surface area contributed by atoms with E-state index in [0.29, 0.717) is 6.54 Å². The van der Waals surface area contributed by atoms with E-state index in [2.05, 4.69) is 5.16 Å². The van der Waals surface area contributed by atoms with Crippen molar-refractivity contribution in [2.45, 2.75) is 19.9 Å². The predicted molar refractivity (Wildman–Crippen MR) is 80.5 cm³/mol. The second-order valence-corrected chi connectivity index (χ2v) is 5.51. The molecule has 0 aliphatic carbocycles. The lowest BCUT2D eigenvalue weighted by molar-refractivity contribution is -0.121. The van der Waals surface area contributed by atoms with Crippen molar-refractivity contribution in [1.29, 1.82) is 0 Å². The first-order chi connectivity index (χ1) is 10.6. The third kappa shape index (κ3) is 2.59. The van der Waals surface area contributed by atoms with Gasteiger partial charge in [-0.1, -0.05) is 22.9 Å². The molecule has 114 valence electrons. The summed E-state index contributed by atoms with van der Waals surface area (Å²) in [5, 5.41) is 3.65. The molecule has 1 saturated heterocycles. The van der Waals surface area contributed by atoms with Crippen molar-refractivity contribution in [1.82, 2.24) is 10.1 Å². The topological polar surface area (TPSA) is 66.7 Å². The number of aryl methyl sites for hydroxylation is 1. The normalized spacial score (nSPS) is 18.6. The number of hydrogen-bond donors (Lipinski definition) is 0. The summed E-state index contributed by atoms with van der Waals surface area (Å²) < 4.78 is 4.70. The van der Waals surface area contributed by atoms with Gasteiger partial charge in [-0.2, -0.15) is 0 Å². The van der Waals surface area contributed by atoms with Gasteiger partial charge >= 0.3 is 0 Å². The Morgan fingerprint density at radius 3 is 2.64 bits per heavy atom. The Bertz CT molecular complexity index is 679. The van der Waals surface area contributed by atoms with E-state index in [1.54, 1.807) is 4.90 Å². The zero-order valence-electron chi connectivity index (χ0n) is 12.5. The Hall–Kier alpha value is -2.63. The smallest absolute Gasteiger partial charge is 0.276 e. The monoisotopic (exact) mass is 299 g/mol. The number of carbonyl (C=O) groups excluding carboxylic acids is 2. The maximum absolute atomic E-state index is 12.4. The van der Waals surface area contributed by atoms with Gasteiger partial charge in [0.1, 0.15) is 12.8 Å². The van der Waals surface area contributed by atoms with Gasteiger partial charge in [0, 0.05) is 24.3 Å². The molecule has 2 aromatic rings. The van der Waals surface area contributed by atoms with E-state index in [4.69, 9.17) is 4.52 Å². The van der Waals surface area contributed by atoms with Crippen LogP contribution in [0.5, 0.6) is 0 Å². The van der Waals surface area contributed by atoms with Gasteiger partial charge in [0.05, 0.1) is 0 Å². The fourth-order valence-corrected chi connectivity index (χ4v) is 2.57. The number of aromatic nitrogens is 1. The van der Waals surface area contributed by atoms with Gasteiger partial charge in [-0.3, -0.25) is 9.59 Å². The van der Waals surface area contributed by atoms with E-state index < -0.39 is 0 Å². The lowest BCUT2D eigenvalue weighted by Crippen LogP contribution is -2.57. The standard InChI is InChI=1S/C16H17N3O3/c1-11-3-5-13(6-4-11)19-9-12(2)18(10-15(19)20)16(21)14-7-8-22-17-14/h3-8,12H,9-10H2,1-2H3/t12-/m0/s1. The molecule has 1 fully saturated rings. The van der Waals surface area contributed by atoms with Crippen molar-refractivity contribution in [2.24, 2.45) is 0 Å². The molecular formula is C16H17N3O3. The summed E-state index contributed by atoms with van der Waals surface area (Å²) in [7, 11) is 0. The minimum Gasteiger partial charge on any atom is -0.364 e. The van der Waals surface area contributed by atoms with Gasteiger partial charge < -0.3 is 14.3 Å². The Morgan fingerprint density at radius 1 is 1.27 bits per heavy atom. The van der Waals surface area contributed by atoms with Crippen LogP contribution < -0.4 is 4.90 Å². The van der Waals surface area contributed by atoms with E-state index >= 15 is 0 Å². The Morgan fingerprint density at radius 2 is 2.00 bits per heavy atom. The first-order valence-corrected chi connectivity index (χ1v) is 7.14. The number of anilines is 1. The number of amides is 2. The van der Waals surface area contributed by atoms with Crippen molar-refractivity contribution < 1.29 is 14.1 Å². The molecule has 0 N–H and O–H groups in total. The number of benzene rings is 1. The highest BCUT2D eigenvalue weighted by Crippen LogP contribution is 2.21. The van der Waals surface area contributed by atoms with Crippen LogP contribution in [0, 0.1) is 6.92 Å². The molecule has 3 rings (SSSR count). The largest absolute Gasteiger partial charge is 0.364 e. The number of piperazine rings is 1. The summed E-state index contributed by atoms with van der Waals surface area (Å²) in [5.74, 6) is -0.378. The van der Waals surface area contributed by atoms with Crippen LogP contribution in [0.3, 0.4) is 0 Å². The van der Waals surface area contributed by atoms with Crippen molar-refractivity contribution in [3.8, 4) is 0 Å². The highest BCUT2D eigenvalue weighted by molar-refractivity contribution is 6.01. The number of hydrogen-bond acceptors (Lipinski definition) is 4. The molecule has 1 aromatic heterocycles. The molecule has 0 saturated carbocycles. The van der Waals surface area contributed by atoms with Gasteiger partial charge in [0.15, 0.2) is 5.69 Å². The van der Waals surface area contributed by atoms with Gasteiger partial charge in [-0.15, -0.1) is 0 Å². The van der Waals surface area contributed by atoms with E-state index in [9.17, 15) is 9.59 Å². The molecule has 0 bridgehead atoms. The quantitative estimate of drug-likeness (QED) is 0.849. The number of rotatable bonds is 2. The van der Waals surface area contributed by atoms with E-state index in [-0.39, 0.29) is 30.1 Å². The summed E-state index contributed by atoms with van der Waals surface area (Å²) in [6, 6.07) is 9.21. The second kappa shape index (κ2) is 5.63. The SMILES string of the molecule is Cc1ccc(N2C[C@H](C)N(C(=O)c3ccon3)CC2=O)cc1. The molecule has 2 amide bonds. The first kappa shape index (κ1) is 14.3. The van der Waals surface area contributed by atoms with Crippen LogP contribution in [0.25, 0.3) is 0 Å². The van der Waals surface area contributed by atoms with Crippen molar-refractivity contribution >= 4 is 17.5 Å². The van der Waals surface area contributed by atoms with Crippen molar-refractivity contribution in [2.75, 3.05) is 18.0 Å². The fraction of sp³-hybridized carbons (Fsp3) is 0.312. The van der Waals surface area contributed by atoms with Crippen molar-refractivity contribution in [3.05, 3.63) is 47.9 Å². The lowest BCUT2D eigenvalue weighted by Gasteiger charge is -2.39. The fourth-order valence-electron chi connectivity index (χ4n) is 2.57. The van der Waals surface area contributed by atoms with Crippen molar-refractivity contribution in [3.63, 3.8) is 0 Å². The van der Waals surface area contributed by atoms with Crippen LogP contribution in [0.2, 0.25) is 0 Å². The molecule has 6 heteroatoms. The average Bonchev–Trinajstić information content (AvgIpc) is 3.04. The summed E-state index contributed by atoms with van der Waals surface area (Å²) in [6.45, 7) is 4.43. The first-order valence-electron chi connectivity index (χ1n) is 7.14. The number of carbonyl (C=O) groups is 2. The molecular weight excluding hydrogens is 282 g/mol. The maximum atomic E-state index is 12.4. The zero-order chi connectivity index (χ0) is 15.7. The number of nitrogens with zero attached hydrogens (tertiary/aromatic N) is 3. The third-order valence-corrected chi connectivity index (χ3v) is 3.85. The summed E-state index contributed by atoms with van der Waals surface area (Å²) in [5.41, 5.74) is 2.23. The lowest BCUT2D eigenvalue weighted by atomic mass is 10.1. The minimum atomic E-state index is -0.279. The summed E-state index contributed by atoms with van der Waals surface area (Å²) in [4.78, 5) is 28.0. The van der Waals surface area contributed by atoms with Gasteiger partial charge in [-0.05, 0) is 26.0 Å². The van der Waals surface area contributed by atoms with Crippen LogP contribution >= 0.6 is 0 Å². The van der Waals surface area contributed by atoms with Gasteiger partial charge in [0.25, 0.3) is 5.91 Å². The van der Waals surface area contributed by atoms with E-state index in [0.717, 1.165) is 11.3 Å².